The van der Waals surface area contributed by atoms with Crippen molar-refractivity contribution in [2.75, 3.05) is 14.2 Å². The summed E-state index contributed by atoms with van der Waals surface area (Å²) in [4.78, 5) is 16.6. The molecule has 0 radical (unpaired) electrons. The molecule has 1 aromatic carbocycles. The van der Waals surface area contributed by atoms with Crippen molar-refractivity contribution in [3.05, 3.63) is 40.7 Å². The second-order valence-corrected chi connectivity index (χ2v) is 4.16. The molecule has 0 atom stereocenters. The molecule has 0 saturated heterocycles. The number of benzene rings is 1. The van der Waals surface area contributed by atoms with Crippen molar-refractivity contribution in [1.82, 2.24) is 10.7 Å². The fourth-order valence-electron chi connectivity index (χ4n) is 1.51. The van der Waals surface area contributed by atoms with Crippen LogP contribution in [0.15, 0.2) is 35.3 Å². The second-order valence-electron chi connectivity index (χ2n) is 3.75. The van der Waals surface area contributed by atoms with E-state index in [1.54, 1.807) is 6.07 Å². The number of carbonyl (C=O) groups is 1. The lowest BCUT2D eigenvalue weighted by molar-refractivity contribution is -0.112. The normalized spacial score (nSPS) is 13.8. The zero-order valence-electron chi connectivity index (χ0n) is 11.2. The predicted molar refractivity (Wildman–Crippen MR) is 73.6 cm³/mol. The molecule has 0 spiro atoms. The molecule has 1 aliphatic rings. The van der Waals surface area contributed by atoms with Gasteiger partial charge in [0.15, 0.2) is 5.75 Å². The van der Waals surface area contributed by atoms with Crippen LogP contribution in [0.25, 0.3) is 0 Å². The molecule has 1 aliphatic heterocycles. The average Bonchev–Trinajstić information content (AvgIpc) is 2.46. The van der Waals surface area contributed by atoms with E-state index in [1.165, 1.54) is 32.4 Å². The first kappa shape index (κ1) is 14.8. The van der Waals surface area contributed by atoms with E-state index in [1.807, 2.05) is 0 Å². The summed E-state index contributed by atoms with van der Waals surface area (Å²) >= 11 is 5.86. The minimum Gasteiger partial charge on any atom is -0.481 e. The molecule has 0 unspecified atom stereocenters. The van der Waals surface area contributed by atoms with Crippen LogP contribution < -0.4 is 10.3 Å². The van der Waals surface area contributed by atoms with Crippen LogP contribution in [-0.2, 0) is 9.47 Å². The van der Waals surface area contributed by atoms with Crippen molar-refractivity contribution in [2.45, 2.75) is 0 Å². The Hall–Kier alpha value is -2.61. The summed E-state index contributed by atoms with van der Waals surface area (Å²) in [6, 6.07) is 4.46. The molecule has 2 rings (SSSR count). The quantitative estimate of drug-likeness (QED) is 0.872. The number of methoxy groups -OCH3 is 2. The largest absolute Gasteiger partial charge is 0.481 e. The standard InChI is InChI=1S/C12H12ClN3O5/c1-19-9-6-10(20-2)15-16(14-9)21-8-5-3-4-7(13)11(8)12(17)18/h3-6,14H,1-2H3,(H,17,18). The van der Waals surface area contributed by atoms with E-state index in [0.29, 0.717) is 5.88 Å². The molecule has 8 nitrogen and oxygen atoms in total. The number of nitrogens with zero attached hydrogens (tertiary/aromatic N) is 2. The van der Waals surface area contributed by atoms with Crippen molar-refractivity contribution in [3.8, 4) is 5.75 Å². The highest BCUT2D eigenvalue weighted by atomic mass is 35.5. The number of hydrogen-bond donors (Lipinski definition) is 2. The van der Waals surface area contributed by atoms with Gasteiger partial charge in [0, 0.05) is 0 Å². The molecular formula is C12H12ClN3O5. The number of ether oxygens (including phenoxy) is 2. The van der Waals surface area contributed by atoms with E-state index in [-0.39, 0.29) is 22.2 Å². The number of aromatic carboxylic acids is 1. The molecule has 0 aromatic heterocycles. The summed E-state index contributed by atoms with van der Waals surface area (Å²) in [6.07, 6.45) is 1.50. The Morgan fingerprint density at radius 2 is 2.14 bits per heavy atom. The van der Waals surface area contributed by atoms with E-state index in [9.17, 15) is 9.90 Å². The monoisotopic (exact) mass is 313 g/mol. The fourth-order valence-corrected chi connectivity index (χ4v) is 1.76. The smallest absolute Gasteiger partial charge is 0.341 e. The van der Waals surface area contributed by atoms with Crippen molar-refractivity contribution >= 4 is 23.5 Å². The third-order valence-corrected chi connectivity index (χ3v) is 2.77. The first-order valence-electron chi connectivity index (χ1n) is 5.70. The van der Waals surface area contributed by atoms with Crippen molar-refractivity contribution in [3.63, 3.8) is 0 Å². The Bertz CT molecular complexity index is 617. The number of hydrazine groups is 1. The number of carboxylic acids is 1. The van der Waals surface area contributed by atoms with Gasteiger partial charge in [0.2, 0.25) is 11.8 Å². The van der Waals surface area contributed by atoms with Gasteiger partial charge in [0.1, 0.15) is 5.56 Å². The number of hydrogen-bond acceptors (Lipinski definition) is 7. The molecule has 1 aromatic rings. The molecule has 2 N–H and O–H groups in total. The van der Waals surface area contributed by atoms with Gasteiger partial charge < -0.3 is 19.4 Å². The van der Waals surface area contributed by atoms with Crippen LogP contribution >= 0.6 is 11.6 Å². The fraction of sp³-hybridized carbons (Fsp3) is 0.167. The topological polar surface area (TPSA) is 92.6 Å². The number of hydrazone groups is 1. The molecule has 0 bridgehead atoms. The van der Waals surface area contributed by atoms with Crippen LogP contribution in [0.3, 0.4) is 0 Å². The van der Waals surface area contributed by atoms with Gasteiger partial charge in [-0.25, -0.2) is 10.2 Å². The SMILES string of the molecule is COC1=CC(OC)=NN(Oc2cccc(Cl)c2C(=O)O)N1. The Labute approximate surface area is 125 Å². The van der Waals surface area contributed by atoms with Crippen molar-refractivity contribution in [2.24, 2.45) is 5.10 Å². The summed E-state index contributed by atoms with van der Waals surface area (Å²) < 4.78 is 10.00. The molecule has 1 heterocycles. The summed E-state index contributed by atoms with van der Waals surface area (Å²) in [5, 5.41) is 14.1. The molecule has 112 valence electrons. The Balaban J connectivity index is 2.27. The molecule has 0 saturated carbocycles. The van der Waals surface area contributed by atoms with Crippen LogP contribution in [0.1, 0.15) is 10.4 Å². The third kappa shape index (κ3) is 3.29. The van der Waals surface area contributed by atoms with Crippen LogP contribution in [0.4, 0.5) is 0 Å². The Kier molecular flexibility index (Phi) is 4.39. The van der Waals surface area contributed by atoms with E-state index in [2.05, 4.69) is 10.5 Å². The Morgan fingerprint density at radius 1 is 1.38 bits per heavy atom. The van der Waals surface area contributed by atoms with Crippen LogP contribution in [0, 0.1) is 0 Å². The van der Waals surface area contributed by atoms with E-state index >= 15 is 0 Å². The van der Waals surface area contributed by atoms with Crippen LogP contribution in [-0.4, -0.2) is 36.5 Å². The number of carboxylic acid groups (broad SMARTS) is 1. The third-order valence-electron chi connectivity index (χ3n) is 2.45. The van der Waals surface area contributed by atoms with Gasteiger partial charge in [0.05, 0.1) is 25.3 Å². The highest BCUT2D eigenvalue weighted by molar-refractivity contribution is 6.33. The molecule has 9 heteroatoms. The first-order valence-corrected chi connectivity index (χ1v) is 6.07. The van der Waals surface area contributed by atoms with Gasteiger partial charge in [-0.1, -0.05) is 22.8 Å². The summed E-state index contributed by atoms with van der Waals surface area (Å²) in [7, 11) is 2.87. The van der Waals surface area contributed by atoms with Gasteiger partial charge in [-0.2, -0.15) is 0 Å². The minimum atomic E-state index is -1.22. The number of halogens is 1. The van der Waals surface area contributed by atoms with Gasteiger partial charge in [-0.15, -0.1) is 0 Å². The summed E-state index contributed by atoms with van der Waals surface area (Å²) in [5.74, 6) is -0.685. The molecule has 21 heavy (non-hydrogen) atoms. The first-order chi connectivity index (χ1) is 10.0. The number of rotatable bonds is 4. The molecule has 0 amide bonds. The van der Waals surface area contributed by atoms with Gasteiger partial charge in [0.25, 0.3) is 0 Å². The van der Waals surface area contributed by atoms with Crippen LogP contribution in [0.2, 0.25) is 5.02 Å². The predicted octanol–water partition coefficient (Wildman–Crippen LogP) is 1.60. The van der Waals surface area contributed by atoms with Crippen LogP contribution in [0.5, 0.6) is 5.75 Å². The minimum absolute atomic E-state index is 0.0130. The average molecular weight is 314 g/mol. The maximum Gasteiger partial charge on any atom is 0.341 e. The molecular weight excluding hydrogens is 302 g/mol. The lowest BCUT2D eigenvalue weighted by Crippen LogP contribution is -2.40. The van der Waals surface area contributed by atoms with Gasteiger partial charge in [-0.05, 0) is 17.4 Å². The summed E-state index contributed by atoms with van der Waals surface area (Å²) in [6.45, 7) is 0. The highest BCUT2D eigenvalue weighted by Gasteiger charge is 2.21. The van der Waals surface area contributed by atoms with Crippen molar-refractivity contribution < 1.29 is 24.2 Å². The molecule has 0 aliphatic carbocycles. The maximum atomic E-state index is 11.2. The zero-order chi connectivity index (χ0) is 15.4. The lowest BCUT2D eigenvalue weighted by atomic mass is 10.2. The number of nitrogens with one attached hydrogen (secondary N) is 1. The van der Waals surface area contributed by atoms with Gasteiger partial charge in [-0.3, -0.25) is 0 Å². The van der Waals surface area contributed by atoms with E-state index in [4.69, 9.17) is 25.9 Å². The van der Waals surface area contributed by atoms with Crippen molar-refractivity contribution in [1.29, 1.82) is 0 Å². The maximum absolute atomic E-state index is 11.2. The Morgan fingerprint density at radius 3 is 2.76 bits per heavy atom. The molecule has 0 fully saturated rings. The zero-order valence-corrected chi connectivity index (χ0v) is 11.9. The van der Waals surface area contributed by atoms with Gasteiger partial charge >= 0.3 is 5.97 Å². The lowest BCUT2D eigenvalue weighted by Gasteiger charge is -2.24. The second kappa shape index (κ2) is 6.23. The van der Waals surface area contributed by atoms with E-state index in [0.717, 1.165) is 5.28 Å². The van der Waals surface area contributed by atoms with E-state index < -0.39 is 5.97 Å². The highest BCUT2D eigenvalue weighted by Crippen LogP contribution is 2.27. The summed E-state index contributed by atoms with van der Waals surface area (Å²) in [5.41, 5.74) is 2.47.